The van der Waals surface area contributed by atoms with Crippen LogP contribution in [0.15, 0.2) is 24.3 Å². The van der Waals surface area contributed by atoms with Crippen LogP contribution in [0.4, 0.5) is 5.69 Å². The van der Waals surface area contributed by atoms with Crippen LogP contribution >= 0.6 is 0 Å². The number of nitrogens with zero attached hydrogens (tertiary/aromatic N) is 1. The molecule has 1 aliphatic carbocycles. The zero-order chi connectivity index (χ0) is 15.4. The SMILES string of the molecule is CC(O)C(=O)O.Nc1c2c(nc3ccccc13)CCCC2. The predicted octanol–water partition coefficient (Wildman–Crippen LogP) is 2.15. The highest BCUT2D eigenvalue weighted by molar-refractivity contribution is 5.92. The van der Waals surface area contributed by atoms with Crippen LogP contribution < -0.4 is 5.73 Å². The van der Waals surface area contributed by atoms with Crippen molar-refractivity contribution in [2.45, 2.75) is 38.7 Å². The van der Waals surface area contributed by atoms with Crippen LogP contribution in [0.5, 0.6) is 0 Å². The number of aliphatic carboxylic acids is 1. The van der Waals surface area contributed by atoms with Gasteiger partial charge in [0.25, 0.3) is 0 Å². The molecule has 1 atom stereocenters. The molecule has 0 saturated heterocycles. The number of rotatable bonds is 1. The number of aliphatic hydroxyl groups excluding tert-OH is 1. The van der Waals surface area contributed by atoms with Crippen molar-refractivity contribution < 1.29 is 15.0 Å². The van der Waals surface area contributed by atoms with Gasteiger partial charge < -0.3 is 15.9 Å². The zero-order valence-electron chi connectivity index (χ0n) is 12.0. The number of nitrogens with two attached hydrogens (primary N) is 1. The number of aryl methyl sites for hydroxylation is 1. The number of para-hydroxylation sites is 1. The molecule has 2 aromatic rings. The molecule has 0 spiro atoms. The summed E-state index contributed by atoms with van der Waals surface area (Å²) in [6, 6.07) is 8.15. The first kappa shape index (κ1) is 15.3. The molecule has 1 heterocycles. The molecule has 21 heavy (non-hydrogen) atoms. The molecule has 1 aromatic carbocycles. The Hall–Kier alpha value is -2.14. The van der Waals surface area contributed by atoms with E-state index in [4.69, 9.17) is 20.9 Å². The molecule has 0 amide bonds. The van der Waals surface area contributed by atoms with E-state index in [1.165, 1.54) is 31.0 Å². The number of pyridine rings is 1. The fourth-order valence-corrected chi connectivity index (χ4v) is 2.41. The van der Waals surface area contributed by atoms with Crippen molar-refractivity contribution in [3.63, 3.8) is 0 Å². The van der Waals surface area contributed by atoms with E-state index in [-0.39, 0.29) is 0 Å². The smallest absolute Gasteiger partial charge is 0.332 e. The molecule has 0 saturated carbocycles. The van der Waals surface area contributed by atoms with Crippen LogP contribution in [0.2, 0.25) is 0 Å². The summed E-state index contributed by atoms with van der Waals surface area (Å²) in [5.41, 5.74) is 10.7. The third-order valence-electron chi connectivity index (χ3n) is 3.57. The Labute approximate surface area is 123 Å². The van der Waals surface area contributed by atoms with E-state index in [1.807, 2.05) is 18.2 Å². The van der Waals surface area contributed by atoms with Gasteiger partial charge in [-0.3, -0.25) is 4.98 Å². The van der Waals surface area contributed by atoms with Gasteiger partial charge in [-0.05, 0) is 44.2 Å². The van der Waals surface area contributed by atoms with Crippen LogP contribution in [0.25, 0.3) is 10.9 Å². The second-order valence-electron chi connectivity index (χ2n) is 5.19. The first-order valence-electron chi connectivity index (χ1n) is 7.07. The summed E-state index contributed by atoms with van der Waals surface area (Å²) in [4.78, 5) is 14.1. The lowest BCUT2D eigenvalue weighted by Crippen LogP contribution is -2.13. The van der Waals surface area contributed by atoms with Crippen LogP contribution in [0, 0.1) is 0 Å². The molecule has 0 bridgehead atoms. The summed E-state index contributed by atoms with van der Waals surface area (Å²) in [5, 5.41) is 16.9. The molecule has 3 rings (SSSR count). The minimum absolute atomic E-state index is 0.954. The molecule has 1 aromatic heterocycles. The molecule has 0 fully saturated rings. The number of hydrogen-bond donors (Lipinski definition) is 3. The van der Waals surface area contributed by atoms with Crippen LogP contribution in [0.3, 0.4) is 0 Å². The molecular weight excluding hydrogens is 268 g/mol. The molecule has 1 unspecified atom stereocenters. The van der Waals surface area contributed by atoms with Crippen LogP contribution in [-0.4, -0.2) is 27.3 Å². The Morgan fingerprint density at radius 2 is 1.90 bits per heavy atom. The molecule has 0 radical (unpaired) electrons. The maximum Gasteiger partial charge on any atom is 0.332 e. The number of hydrogen-bond acceptors (Lipinski definition) is 4. The Bertz CT molecular complexity index is 653. The highest BCUT2D eigenvalue weighted by Gasteiger charge is 2.15. The van der Waals surface area contributed by atoms with Gasteiger partial charge in [-0.25, -0.2) is 4.79 Å². The Morgan fingerprint density at radius 3 is 2.57 bits per heavy atom. The predicted molar refractivity (Wildman–Crippen MR) is 82.1 cm³/mol. The molecule has 4 N–H and O–H groups in total. The number of carbonyl (C=O) groups is 1. The number of carboxylic acid groups (broad SMARTS) is 1. The molecule has 5 heteroatoms. The largest absolute Gasteiger partial charge is 0.479 e. The van der Waals surface area contributed by atoms with Gasteiger partial charge in [0.1, 0.15) is 6.10 Å². The number of nitrogen functional groups attached to an aromatic ring is 1. The van der Waals surface area contributed by atoms with Crippen molar-refractivity contribution in [3.8, 4) is 0 Å². The first-order valence-corrected chi connectivity index (χ1v) is 7.07. The van der Waals surface area contributed by atoms with Crippen molar-refractivity contribution >= 4 is 22.6 Å². The summed E-state index contributed by atoms with van der Waals surface area (Å²) >= 11 is 0. The van der Waals surface area contributed by atoms with Gasteiger partial charge in [0.2, 0.25) is 0 Å². The van der Waals surface area contributed by atoms with Gasteiger partial charge in [-0.2, -0.15) is 0 Å². The van der Waals surface area contributed by atoms with Crippen LogP contribution in [-0.2, 0) is 17.6 Å². The molecule has 0 aliphatic heterocycles. The summed E-state index contributed by atoms with van der Waals surface area (Å²) in [6.45, 7) is 1.20. The van der Waals surface area contributed by atoms with Gasteiger partial charge in [-0.15, -0.1) is 0 Å². The van der Waals surface area contributed by atoms with Gasteiger partial charge in [0.15, 0.2) is 0 Å². The highest BCUT2D eigenvalue weighted by Crippen LogP contribution is 2.30. The highest BCUT2D eigenvalue weighted by atomic mass is 16.4. The minimum Gasteiger partial charge on any atom is -0.479 e. The fraction of sp³-hybridized carbons (Fsp3) is 0.375. The second kappa shape index (κ2) is 6.54. The summed E-state index contributed by atoms with van der Waals surface area (Å²) in [5.74, 6) is -1.19. The van der Waals surface area contributed by atoms with Gasteiger partial charge in [-0.1, -0.05) is 18.2 Å². The van der Waals surface area contributed by atoms with Crippen molar-refractivity contribution in [1.82, 2.24) is 4.98 Å². The first-order chi connectivity index (χ1) is 10.0. The number of aliphatic hydroxyl groups is 1. The summed E-state index contributed by atoms with van der Waals surface area (Å²) < 4.78 is 0. The number of benzene rings is 1. The normalized spacial score (nSPS) is 14.8. The molecule has 5 nitrogen and oxygen atoms in total. The average molecular weight is 288 g/mol. The van der Waals surface area contributed by atoms with E-state index in [9.17, 15) is 4.79 Å². The quantitative estimate of drug-likeness (QED) is 0.747. The number of fused-ring (bicyclic) bond motifs is 2. The minimum atomic E-state index is -1.23. The van der Waals surface area contributed by atoms with E-state index in [0.717, 1.165) is 29.4 Å². The fourth-order valence-electron chi connectivity index (χ4n) is 2.41. The van der Waals surface area contributed by atoms with E-state index < -0.39 is 12.1 Å². The van der Waals surface area contributed by atoms with Crippen molar-refractivity contribution in [1.29, 1.82) is 0 Å². The van der Waals surface area contributed by atoms with Crippen molar-refractivity contribution in [2.24, 2.45) is 0 Å². The van der Waals surface area contributed by atoms with Gasteiger partial charge in [0.05, 0.1) is 5.52 Å². The standard InChI is InChI=1S/C13H14N2.C3H6O3/c14-13-9-5-1-3-7-11(9)15-12-8-4-2-6-10(12)13;1-2(4)3(5)6/h1,3,5,7H,2,4,6,8H2,(H2,14,15);2,4H,1H3,(H,5,6). The molecule has 1 aliphatic rings. The lowest BCUT2D eigenvalue weighted by Gasteiger charge is -2.18. The van der Waals surface area contributed by atoms with Crippen LogP contribution in [0.1, 0.15) is 31.0 Å². The van der Waals surface area contributed by atoms with Gasteiger partial charge in [0, 0.05) is 16.8 Å². The summed E-state index contributed by atoms with van der Waals surface area (Å²) in [7, 11) is 0. The van der Waals surface area contributed by atoms with Crippen molar-refractivity contribution in [3.05, 3.63) is 35.5 Å². The van der Waals surface area contributed by atoms with E-state index in [0.29, 0.717) is 0 Å². The summed E-state index contributed by atoms with van der Waals surface area (Å²) in [6.07, 6.45) is 3.45. The van der Waals surface area contributed by atoms with Crippen molar-refractivity contribution in [2.75, 3.05) is 5.73 Å². The Kier molecular flexibility index (Phi) is 4.75. The maximum absolute atomic E-state index is 9.45. The molecule has 112 valence electrons. The number of anilines is 1. The number of aromatic nitrogens is 1. The Morgan fingerprint density at radius 1 is 1.29 bits per heavy atom. The Balaban J connectivity index is 0.000000232. The van der Waals surface area contributed by atoms with E-state index in [2.05, 4.69) is 6.07 Å². The number of carboxylic acids is 1. The lowest BCUT2D eigenvalue weighted by molar-refractivity contribution is -0.145. The topological polar surface area (TPSA) is 96.4 Å². The maximum atomic E-state index is 9.45. The monoisotopic (exact) mass is 288 g/mol. The van der Waals surface area contributed by atoms with E-state index in [1.54, 1.807) is 0 Å². The third kappa shape index (κ3) is 3.49. The van der Waals surface area contributed by atoms with E-state index >= 15 is 0 Å². The second-order valence-corrected chi connectivity index (χ2v) is 5.19. The average Bonchev–Trinajstić information content (AvgIpc) is 2.48. The third-order valence-corrected chi connectivity index (χ3v) is 3.57. The zero-order valence-corrected chi connectivity index (χ0v) is 12.0. The van der Waals surface area contributed by atoms with Gasteiger partial charge >= 0.3 is 5.97 Å². The lowest BCUT2D eigenvalue weighted by atomic mass is 9.93. The molecular formula is C16H20N2O3.